The highest BCUT2D eigenvalue weighted by atomic mass is 32.1. The number of nitrogens with one attached hydrogen (secondary N) is 1. The average molecular weight is 157 g/mol. The molecule has 0 atom stereocenters. The summed E-state index contributed by atoms with van der Waals surface area (Å²) < 4.78 is 1.87. The molecule has 3 nitrogen and oxygen atoms in total. The minimum atomic E-state index is -0.0296. The first kappa shape index (κ1) is 7.21. The molecule has 0 aliphatic carbocycles. The predicted molar refractivity (Wildman–Crippen MR) is 39.8 cm³/mol. The van der Waals surface area contributed by atoms with Crippen molar-refractivity contribution in [3.63, 3.8) is 0 Å². The van der Waals surface area contributed by atoms with Crippen molar-refractivity contribution in [2.75, 3.05) is 5.32 Å². The number of amides is 1. The molecular formula is C6H9N2OS+. The monoisotopic (exact) mass is 157 g/mol. The lowest BCUT2D eigenvalue weighted by molar-refractivity contribution is -0.652. The first-order chi connectivity index (χ1) is 4.70. The smallest absolute Gasteiger partial charge is 0.247 e. The Morgan fingerprint density at radius 2 is 2.50 bits per heavy atom. The van der Waals surface area contributed by atoms with Crippen LogP contribution in [0.2, 0.25) is 0 Å². The van der Waals surface area contributed by atoms with Crippen molar-refractivity contribution in [3.05, 3.63) is 11.6 Å². The van der Waals surface area contributed by atoms with Gasteiger partial charge in [0.25, 0.3) is 0 Å². The molecule has 4 heteroatoms. The van der Waals surface area contributed by atoms with E-state index in [-0.39, 0.29) is 5.91 Å². The van der Waals surface area contributed by atoms with E-state index in [0.29, 0.717) is 0 Å². The number of anilines is 1. The molecule has 1 amide bonds. The summed E-state index contributed by atoms with van der Waals surface area (Å²) in [5, 5.41) is 5.49. The maximum Gasteiger partial charge on any atom is 0.340 e. The molecule has 0 aliphatic rings. The van der Waals surface area contributed by atoms with E-state index in [1.54, 1.807) is 0 Å². The molecule has 0 aliphatic heterocycles. The number of rotatable bonds is 1. The number of aromatic nitrogens is 1. The van der Waals surface area contributed by atoms with Crippen molar-refractivity contribution in [1.82, 2.24) is 0 Å². The molecule has 1 aromatic rings. The fourth-order valence-electron chi connectivity index (χ4n) is 0.605. The van der Waals surface area contributed by atoms with E-state index in [1.165, 1.54) is 18.3 Å². The van der Waals surface area contributed by atoms with E-state index < -0.39 is 0 Å². The zero-order chi connectivity index (χ0) is 7.56. The van der Waals surface area contributed by atoms with Gasteiger partial charge < -0.3 is 0 Å². The molecular weight excluding hydrogens is 148 g/mol. The molecule has 1 N–H and O–H groups in total. The lowest BCUT2D eigenvalue weighted by atomic mass is 10.7. The van der Waals surface area contributed by atoms with Gasteiger partial charge in [-0.1, -0.05) is 11.3 Å². The summed E-state index contributed by atoms with van der Waals surface area (Å²) in [5.41, 5.74) is 0. The van der Waals surface area contributed by atoms with Gasteiger partial charge in [-0.25, -0.2) is 14.7 Å². The second kappa shape index (κ2) is 2.79. The van der Waals surface area contributed by atoms with E-state index in [9.17, 15) is 4.79 Å². The van der Waals surface area contributed by atoms with Crippen LogP contribution in [0.1, 0.15) is 6.92 Å². The number of hydrogen-bond donors (Lipinski definition) is 1. The number of thiazole rings is 1. The summed E-state index contributed by atoms with van der Waals surface area (Å²) in [4.78, 5) is 10.5. The van der Waals surface area contributed by atoms with Crippen molar-refractivity contribution in [3.8, 4) is 0 Å². The van der Waals surface area contributed by atoms with E-state index in [4.69, 9.17) is 0 Å². The van der Waals surface area contributed by atoms with Crippen LogP contribution in [-0.4, -0.2) is 5.91 Å². The van der Waals surface area contributed by atoms with Crippen LogP contribution in [0.15, 0.2) is 11.6 Å². The molecule has 0 bridgehead atoms. The van der Waals surface area contributed by atoms with Crippen LogP contribution in [0.3, 0.4) is 0 Å². The summed E-state index contributed by atoms with van der Waals surface area (Å²) >= 11 is 1.51. The quantitative estimate of drug-likeness (QED) is 0.593. The van der Waals surface area contributed by atoms with Gasteiger partial charge in [-0.2, -0.15) is 0 Å². The summed E-state index contributed by atoms with van der Waals surface area (Å²) in [6, 6.07) is 0. The zero-order valence-electron chi connectivity index (χ0n) is 5.92. The van der Waals surface area contributed by atoms with Crippen LogP contribution >= 0.6 is 11.3 Å². The molecule has 1 rings (SSSR count). The second-order valence-electron chi connectivity index (χ2n) is 2.00. The fraction of sp³-hybridized carbons (Fsp3) is 0.333. The molecule has 0 aromatic carbocycles. The van der Waals surface area contributed by atoms with Gasteiger partial charge in [-0.05, 0) is 0 Å². The maximum absolute atomic E-state index is 10.5. The number of carbonyl (C=O) groups is 1. The van der Waals surface area contributed by atoms with E-state index in [2.05, 4.69) is 5.32 Å². The van der Waals surface area contributed by atoms with Crippen molar-refractivity contribution >= 4 is 22.4 Å². The first-order valence-corrected chi connectivity index (χ1v) is 3.79. The number of nitrogens with zero attached hydrogens (tertiary/aromatic N) is 1. The Hall–Kier alpha value is -0.900. The third kappa shape index (κ3) is 1.54. The molecule has 10 heavy (non-hydrogen) atoms. The van der Waals surface area contributed by atoms with Gasteiger partial charge in [0.1, 0.15) is 6.20 Å². The number of carbonyl (C=O) groups excluding carboxylic acids is 1. The molecule has 0 radical (unpaired) electrons. The Morgan fingerprint density at radius 3 is 2.90 bits per heavy atom. The highest BCUT2D eigenvalue weighted by Crippen LogP contribution is 2.06. The molecule has 54 valence electrons. The SMILES string of the molecule is CC(=O)Nc1scc[n+]1C. The van der Waals surface area contributed by atoms with Crippen molar-refractivity contribution < 1.29 is 9.36 Å². The third-order valence-corrected chi connectivity index (χ3v) is 1.94. The molecule has 0 spiro atoms. The van der Waals surface area contributed by atoms with Gasteiger partial charge in [-0.3, -0.25) is 0 Å². The molecule has 1 heterocycles. The Labute approximate surface area is 63.3 Å². The van der Waals surface area contributed by atoms with Gasteiger partial charge in [0.15, 0.2) is 0 Å². The lowest BCUT2D eigenvalue weighted by Crippen LogP contribution is -2.29. The van der Waals surface area contributed by atoms with Crippen LogP contribution in [-0.2, 0) is 11.8 Å². The Kier molecular flexibility index (Phi) is 2.01. The predicted octanol–water partition coefficient (Wildman–Crippen LogP) is 0.531. The van der Waals surface area contributed by atoms with Crippen molar-refractivity contribution in [2.45, 2.75) is 6.92 Å². The largest absolute Gasteiger partial charge is 0.340 e. The van der Waals surface area contributed by atoms with Crippen LogP contribution in [0.25, 0.3) is 0 Å². The van der Waals surface area contributed by atoms with Crippen molar-refractivity contribution in [2.24, 2.45) is 7.05 Å². The second-order valence-corrected chi connectivity index (χ2v) is 2.89. The average Bonchev–Trinajstić information content (AvgIpc) is 2.15. The Morgan fingerprint density at radius 1 is 1.80 bits per heavy atom. The van der Waals surface area contributed by atoms with Gasteiger partial charge in [0.2, 0.25) is 0 Å². The summed E-state index contributed by atoms with van der Waals surface area (Å²) in [6.07, 6.45) is 1.90. The van der Waals surface area contributed by atoms with E-state index in [0.717, 1.165) is 5.13 Å². The molecule has 0 fully saturated rings. The van der Waals surface area contributed by atoms with Crippen LogP contribution < -0.4 is 9.88 Å². The number of hydrogen-bond acceptors (Lipinski definition) is 2. The van der Waals surface area contributed by atoms with Gasteiger partial charge in [-0.15, -0.1) is 0 Å². The Balaban J connectivity index is 2.74. The van der Waals surface area contributed by atoms with Gasteiger partial charge in [0, 0.05) is 12.3 Å². The van der Waals surface area contributed by atoms with Gasteiger partial charge in [0.05, 0.1) is 7.05 Å². The summed E-state index contributed by atoms with van der Waals surface area (Å²) in [5.74, 6) is -0.0296. The molecule has 0 saturated heterocycles. The topological polar surface area (TPSA) is 33.0 Å². The highest BCUT2D eigenvalue weighted by molar-refractivity contribution is 7.13. The summed E-state index contributed by atoms with van der Waals surface area (Å²) in [7, 11) is 1.89. The molecule has 1 aromatic heterocycles. The molecule has 0 unspecified atom stereocenters. The minimum Gasteiger partial charge on any atom is -0.247 e. The highest BCUT2D eigenvalue weighted by Gasteiger charge is 2.07. The van der Waals surface area contributed by atoms with E-state index in [1.807, 2.05) is 23.2 Å². The van der Waals surface area contributed by atoms with Gasteiger partial charge >= 0.3 is 11.0 Å². The molecule has 0 saturated carbocycles. The standard InChI is InChI=1S/C6H8N2OS/c1-5(9)7-6-8(2)3-4-10-6/h3-4H,1-2H3/p+1. The first-order valence-electron chi connectivity index (χ1n) is 2.91. The van der Waals surface area contributed by atoms with Crippen LogP contribution in [0, 0.1) is 0 Å². The Bertz CT molecular complexity index is 244. The lowest BCUT2D eigenvalue weighted by Gasteiger charge is -1.89. The minimum absolute atomic E-state index is 0.0296. The normalized spacial score (nSPS) is 9.40. The van der Waals surface area contributed by atoms with Crippen LogP contribution in [0.5, 0.6) is 0 Å². The van der Waals surface area contributed by atoms with Crippen molar-refractivity contribution in [1.29, 1.82) is 0 Å². The fourth-order valence-corrected chi connectivity index (χ4v) is 1.41. The third-order valence-electron chi connectivity index (χ3n) is 1.07. The number of aryl methyl sites for hydroxylation is 1. The maximum atomic E-state index is 10.5. The van der Waals surface area contributed by atoms with E-state index >= 15 is 0 Å². The zero-order valence-corrected chi connectivity index (χ0v) is 6.73. The van der Waals surface area contributed by atoms with Crippen LogP contribution in [0.4, 0.5) is 5.13 Å². The summed E-state index contributed by atoms with van der Waals surface area (Å²) in [6.45, 7) is 1.50.